The number of para-hydroxylation sites is 1. The van der Waals surface area contributed by atoms with Gasteiger partial charge in [-0.2, -0.15) is 0 Å². The van der Waals surface area contributed by atoms with E-state index in [1.54, 1.807) is 7.11 Å². The molecule has 0 spiro atoms. The highest BCUT2D eigenvalue weighted by molar-refractivity contribution is 5.34. The fraction of sp³-hybridized carbons (Fsp3) is 0.625. The third-order valence-corrected chi connectivity index (χ3v) is 4.52. The fourth-order valence-corrected chi connectivity index (χ4v) is 2.99. The Kier molecular flexibility index (Phi) is 3.29. The van der Waals surface area contributed by atoms with Crippen LogP contribution in [0.25, 0.3) is 0 Å². The molecule has 0 saturated heterocycles. The number of rotatable bonds is 6. The third kappa shape index (κ3) is 2.54. The van der Waals surface area contributed by atoms with Crippen molar-refractivity contribution in [2.75, 3.05) is 13.7 Å². The number of benzene rings is 1. The highest BCUT2D eigenvalue weighted by Gasteiger charge is 2.38. The number of ether oxygens (including phenoxy) is 1. The van der Waals surface area contributed by atoms with Gasteiger partial charge < -0.3 is 10.1 Å². The molecule has 0 radical (unpaired) electrons. The van der Waals surface area contributed by atoms with Crippen LogP contribution in [0.3, 0.4) is 0 Å². The first-order chi connectivity index (χ1) is 8.81. The number of hydrogen-bond acceptors (Lipinski definition) is 2. The predicted octanol–water partition coefficient (Wildman–Crippen LogP) is 3.16. The summed E-state index contributed by atoms with van der Waals surface area (Å²) in [6.07, 6.45) is 8.04. The summed E-state index contributed by atoms with van der Waals surface area (Å²) in [6, 6.07) is 9.29. The molecule has 0 aliphatic heterocycles. The normalized spacial score (nSPS) is 21.4. The summed E-state index contributed by atoms with van der Waals surface area (Å²) < 4.78 is 5.48. The minimum Gasteiger partial charge on any atom is -0.496 e. The van der Waals surface area contributed by atoms with Gasteiger partial charge in [-0.1, -0.05) is 24.6 Å². The highest BCUT2D eigenvalue weighted by Crippen LogP contribution is 2.44. The molecular formula is C16H23NO. The van der Waals surface area contributed by atoms with Crippen LogP contribution < -0.4 is 10.1 Å². The molecule has 3 rings (SSSR count). The molecule has 2 fully saturated rings. The van der Waals surface area contributed by atoms with E-state index in [1.165, 1.54) is 44.2 Å². The Morgan fingerprint density at radius 1 is 1.28 bits per heavy atom. The highest BCUT2D eigenvalue weighted by atomic mass is 16.5. The maximum atomic E-state index is 5.48. The van der Waals surface area contributed by atoms with E-state index < -0.39 is 0 Å². The summed E-state index contributed by atoms with van der Waals surface area (Å²) >= 11 is 0. The lowest BCUT2D eigenvalue weighted by Gasteiger charge is -2.42. The molecule has 1 aromatic carbocycles. The molecule has 2 aliphatic rings. The Labute approximate surface area is 110 Å². The van der Waals surface area contributed by atoms with Crippen LogP contribution in [-0.2, 0) is 6.42 Å². The summed E-state index contributed by atoms with van der Waals surface area (Å²) in [7, 11) is 1.77. The molecule has 1 N–H and O–H groups in total. The van der Waals surface area contributed by atoms with E-state index in [4.69, 9.17) is 4.74 Å². The first-order valence-electron chi connectivity index (χ1n) is 7.17. The zero-order valence-corrected chi connectivity index (χ0v) is 11.2. The summed E-state index contributed by atoms with van der Waals surface area (Å²) in [5, 5.41) is 3.72. The molecule has 0 heterocycles. The average Bonchev–Trinajstić information content (AvgIpc) is 3.17. The first-order valence-corrected chi connectivity index (χ1v) is 7.17. The molecule has 1 aromatic rings. The summed E-state index contributed by atoms with van der Waals surface area (Å²) in [5.41, 5.74) is 1.87. The number of nitrogens with one attached hydrogen (secondary N) is 1. The largest absolute Gasteiger partial charge is 0.496 e. The van der Waals surface area contributed by atoms with Gasteiger partial charge in [-0.15, -0.1) is 0 Å². The Hall–Kier alpha value is -1.02. The van der Waals surface area contributed by atoms with Crippen molar-refractivity contribution in [3.63, 3.8) is 0 Å². The van der Waals surface area contributed by atoms with Crippen molar-refractivity contribution in [2.45, 2.75) is 44.6 Å². The lowest BCUT2D eigenvalue weighted by molar-refractivity contribution is 0.128. The zero-order chi connectivity index (χ0) is 12.4. The molecule has 2 saturated carbocycles. The molecule has 0 amide bonds. The Bertz CT molecular complexity index is 407. The molecule has 18 heavy (non-hydrogen) atoms. The van der Waals surface area contributed by atoms with Gasteiger partial charge in [0.05, 0.1) is 7.11 Å². The second kappa shape index (κ2) is 4.93. The van der Waals surface area contributed by atoms with Crippen LogP contribution in [0.1, 0.15) is 37.7 Å². The van der Waals surface area contributed by atoms with Gasteiger partial charge in [0, 0.05) is 12.6 Å². The van der Waals surface area contributed by atoms with Gasteiger partial charge in [0.2, 0.25) is 0 Å². The van der Waals surface area contributed by atoms with Crippen LogP contribution >= 0.6 is 0 Å². The van der Waals surface area contributed by atoms with Gasteiger partial charge >= 0.3 is 0 Å². The van der Waals surface area contributed by atoms with E-state index >= 15 is 0 Å². The van der Waals surface area contributed by atoms with Crippen LogP contribution in [0.15, 0.2) is 24.3 Å². The van der Waals surface area contributed by atoms with Crippen molar-refractivity contribution in [1.29, 1.82) is 0 Å². The van der Waals surface area contributed by atoms with E-state index in [1.807, 2.05) is 0 Å². The van der Waals surface area contributed by atoms with E-state index in [0.29, 0.717) is 5.41 Å². The van der Waals surface area contributed by atoms with E-state index in [2.05, 4.69) is 29.6 Å². The molecule has 0 aromatic heterocycles. The molecule has 0 atom stereocenters. The molecular weight excluding hydrogens is 222 g/mol. The van der Waals surface area contributed by atoms with Crippen molar-refractivity contribution in [1.82, 2.24) is 5.32 Å². The van der Waals surface area contributed by atoms with Crippen LogP contribution in [0, 0.1) is 5.41 Å². The Morgan fingerprint density at radius 2 is 2.06 bits per heavy atom. The SMILES string of the molecule is COc1ccccc1CC1(CNC2CC2)CCC1. The number of hydrogen-bond donors (Lipinski definition) is 1. The first kappa shape index (κ1) is 12.0. The van der Waals surface area contributed by atoms with Gasteiger partial charge in [0.15, 0.2) is 0 Å². The van der Waals surface area contributed by atoms with Crippen LogP contribution in [-0.4, -0.2) is 19.7 Å². The second-order valence-corrected chi connectivity index (χ2v) is 6.00. The molecule has 2 nitrogen and oxygen atoms in total. The molecule has 98 valence electrons. The van der Waals surface area contributed by atoms with Crippen molar-refractivity contribution < 1.29 is 4.74 Å². The summed E-state index contributed by atoms with van der Waals surface area (Å²) in [4.78, 5) is 0. The smallest absolute Gasteiger partial charge is 0.122 e. The van der Waals surface area contributed by atoms with Gasteiger partial charge in [-0.05, 0) is 49.1 Å². The molecule has 0 unspecified atom stereocenters. The monoisotopic (exact) mass is 245 g/mol. The van der Waals surface area contributed by atoms with Gasteiger partial charge in [0.25, 0.3) is 0 Å². The molecule has 2 aliphatic carbocycles. The number of methoxy groups -OCH3 is 1. The lowest BCUT2D eigenvalue weighted by atomic mass is 9.65. The Morgan fingerprint density at radius 3 is 2.67 bits per heavy atom. The van der Waals surface area contributed by atoms with E-state index in [0.717, 1.165) is 18.2 Å². The van der Waals surface area contributed by atoms with Gasteiger partial charge in [-0.25, -0.2) is 0 Å². The molecule has 2 heteroatoms. The maximum absolute atomic E-state index is 5.48. The maximum Gasteiger partial charge on any atom is 0.122 e. The molecule has 0 bridgehead atoms. The van der Waals surface area contributed by atoms with E-state index in [9.17, 15) is 0 Å². The van der Waals surface area contributed by atoms with Crippen LogP contribution in [0.5, 0.6) is 5.75 Å². The van der Waals surface area contributed by atoms with Crippen LogP contribution in [0.4, 0.5) is 0 Å². The minimum atomic E-state index is 0.497. The van der Waals surface area contributed by atoms with Crippen molar-refractivity contribution in [3.8, 4) is 5.75 Å². The topological polar surface area (TPSA) is 21.3 Å². The van der Waals surface area contributed by atoms with Crippen molar-refractivity contribution in [2.24, 2.45) is 5.41 Å². The van der Waals surface area contributed by atoms with Gasteiger partial charge in [-0.3, -0.25) is 0 Å². The Balaban J connectivity index is 1.68. The standard InChI is InChI=1S/C16H23NO/c1-18-15-6-3-2-5-13(15)11-16(9-4-10-16)12-17-14-7-8-14/h2-3,5-6,14,17H,4,7-12H2,1H3. The fourth-order valence-electron chi connectivity index (χ4n) is 2.99. The second-order valence-electron chi connectivity index (χ2n) is 6.00. The average molecular weight is 245 g/mol. The summed E-state index contributed by atoms with van der Waals surface area (Å²) in [6.45, 7) is 1.19. The van der Waals surface area contributed by atoms with Gasteiger partial charge in [0.1, 0.15) is 5.75 Å². The predicted molar refractivity (Wildman–Crippen MR) is 74.0 cm³/mol. The van der Waals surface area contributed by atoms with Crippen molar-refractivity contribution in [3.05, 3.63) is 29.8 Å². The van der Waals surface area contributed by atoms with Crippen molar-refractivity contribution >= 4 is 0 Å². The van der Waals surface area contributed by atoms with Crippen LogP contribution in [0.2, 0.25) is 0 Å². The van der Waals surface area contributed by atoms with E-state index in [-0.39, 0.29) is 0 Å². The summed E-state index contributed by atoms with van der Waals surface area (Å²) in [5.74, 6) is 1.05. The third-order valence-electron chi connectivity index (χ3n) is 4.52. The minimum absolute atomic E-state index is 0.497. The zero-order valence-electron chi connectivity index (χ0n) is 11.2. The lowest BCUT2D eigenvalue weighted by Crippen LogP contribution is -2.42. The quantitative estimate of drug-likeness (QED) is 0.831.